The summed E-state index contributed by atoms with van der Waals surface area (Å²) in [7, 11) is -3.79. The van der Waals surface area contributed by atoms with Crippen molar-refractivity contribution in [1.29, 1.82) is 0 Å². The van der Waals surface area contributed by atoms with Crippen LogP contribution in [0, 0.1) is 5.92 Å². The molecule has 4 rings (SSSR count). The van der Waals surface area contributed by atoms with Gasteiger partial charge >= 0.3 is 0 Å². The Bertz CT molecular complexity index is 1040. The molecule has 0 radical (unpaired) electrons. The number of nitrogens with two attached hydrogens (primary N) is 1. The number of rotatable bonds is 3. The summed E-state index contributed by atoms with van der Waals surface area (Å²) in [6, 6.07) is 14.1. The molecule has 0 bridgehead atoms. The van der Waals surface area contributed by atoms with E-state index in [9.17, 15) is 18.0 Å². The van der Waals surface area contributed by atoms with Gasteiger partial charge in [0.1, 0.15) is 0 Å². The normalized spacial score (nSPS) is 19.6. The first-order chi connectivity index (χ1) is 13.3. The number of fused-ring (bicyclic) bond motifs is 1. The summed E-state index contributed by atoms with van der Waals surface area (Å²) in [5.74, 6) is -0.521. The standard InChI is InChI=1S/C20H21N3O4S/c21-28(26,27)18-7-6-14-8-9-22(12-15(14)10-18)20(25)16-11-19(24)23(13-16)17-4-2-1-3-5-17/h1-7,10,16H,8-9,11-13H2,(H2,21,26,27). The van der Waals surface area contributed by atoms with E-state index in [0.29, 0.717) is 26.1 Å². The Kier molecular flexibility index (Phi) is 4.68. The van der Waals surface area contributed by atoms with Gasteiger partial charge in [-0.15, -0.1) is 0 Å². The third-order valence-corrected chi connectivity index (χ3v) is 6.28. The molecule has 0 spiro atoms. The number of hydrogen-bond donors (Lipinski definition) is 1. The molecule has 0 aromatic heterocycles. The van der Waals surface area contributed by atoms with Gasteiger partial charge in [0.25, 0.3) is 0 Å². The quantitative estimate of drug-likeness (QED) is 0.840. The van der Waals surface area contributed by atoms with Gasteiger partial charge in [0.2, 0.25) is 21.8 Å². The van der Waals surface area contributed by atoms with Crippen LogP contribution in [-0.4, -0.2) is 38.2 Å². The Balaban J connectivity index is 1.50. The highest BCUT2D eigenvalue weighted by Crippen LogP contribution is 2.28. The average Bonchev–Trinajstić information content (AvgIpc) is 3.08. The van der Waals surface area contributed by atoms with Gasteiger partial charge in [-0.1, -0.05) is 24.3 Å². The lowest BCUT2D eigenvalue weighted by Gasteiger charge is -2.31. The molecule has 1 saturated heterocycles. The minimum absolute atomic E-state index is 0.0480. The maximum Gasteiger partial charge on any atom is 0.238 e. The number of sulfonamides is 1. The number of amides is 2. The van der Waals surface area contributed by atoms with Crippen molar-refractivity contribution in [3.63, 3.8) is 0 Å². The number of carbonyl (C=O) groups excluding carboxylic acids is 2. The maximum atomic E-state index is 13.0. The lowest BCUT2D eigenvalue weighted by atomic mass is 9.98. The van der Waals surface area contributed by atoms with Crippen molar-refractivity contribution >= 4 is 27.5 Å². The van der Waals surface area contributed by atoms with Crippen molar-refractivity contribution in [1.82, 2.24) is 4.90 Å². The molecule has 7 nitrogen and oxygen atoms in total. The molecule has 2 aromatic carbocycles. The lowest BCUT2D eigenvalue weighted by Crippen LogP contribution is -2.40. The van der Waals surface area contributed by atoms with Crippen LogP contribution >= 0.6 is 0 Å². The van der Waals surface area contributed by atoms with Gasteiger partial charge < -0.3 is 9.80 Å². The molecule has 2 heterocycles. The molecule has 0 saturated carbocycles. The van der Waals surface area contributed by atoms with Crippen LogP contribution in [-0.2, 0) is 32.6 Å². The van der Waals surface area contributed by atoms with Gasteiger partial charge in [-0.25, -0.2) is 13.6 Å². The summed E-state index contributed by atoms with van der Waals surface area (Å²) < 4.78 is 23.2. The predicted octanol–water partition coefficient (Wildman–Crippen LogP) is 1.27. The number of nitrogens with zero attached hydrogens (tertiary/aromatic N) is 2. The molecular weight excluding hydrogens is 378 g/mol. The van der Waals surface area contributed by atoms with Crippen molar-refractivity contribution < 1.29 is 18.0 Å². The van der Waals surface area contributed by atoms with Gasteiger partial charge in [-0.2, -0.15) is 0 Å². The first-order valence-electron chi connectivity index (χ1n) is 9.12. The fraction of sp³-hybridized carbons (Fsp3) is 0.300. The molecule has 2 N–H and O–H groups in total. The summed E-state index contributed by atoms with van der Waals surface area (Å²) in [4.78, 5) is 28.8. The minimum atomic E-state index is -3.79. The van der Waals surface area contributed by atoms with E-state index in [1.807, 2.05) is 30.3 Å². The minimum Gasteiger partial charge on any atom is -0.338 e. The van der Waals surface area contributed by atoms with E-state index >= 15 is 0 Å². The SMILES string of the molecule is NS(=O)(=O)c1ccc2c(c1)CN(C(=O)C1CC(=O)N(c3ccccc3)C1)CC2. The lowest BCUT2D eigenvalue weighted by molar-refractivity contribution is -0.136. The fourth-order valence-electron chi connectivity index (χ4n) is 3.89. The number of benzene rings is 2. The van der Waals surface area contributed by atoms with Gasteiger partial charge in [0.15, 0.2) is 0 Å². The number of para-hydroxylation sites is 1. The first kappa shape index (κ1) is 18.6. The maximum absolute atomic E-state index is 13.0. The second-order valence-corrected chi connectivity index (χ2v) is 8.79. The van der Waals surface area contributed by atoms with Crippen LogP contribution in [0.25, 0.3) is 0 Å². The van der Waals surface area contributed by atoms with Crippen LogP contribution in [0.1, 0.15) is 17.5 Å². The van der Waals surface area contributed by atoms with Crippen molar-refractivity contribution in [2.24, 2.45) is 11.1 Å². The Morgan fingerprint density at radius 3 is 2.54 bits per heavy atom. The van der Waals surface area contributed by atoms with Crippen molar-refractivity contribution in [3.05, 3.63) is 59.7 Å². The zero-order valence-corrected chi connectivity index (χ0v) is 16.1. The molecule has 146 valence electrons. The Morgan fingerprint density at radius 2 is 1.82 bits per heavy atom. The van der Waals surface area contributed by atoms with Gasteiger partial charge in [-0.3, -0.25) is 9.59 Å². The topological polar surface area (TPSA) is 101 Å². The molecular formula is C20H21N3O4S. The summed E-state index contributed by atoms with van der Waals surface area (Å²) in [6.45, 7) is 1.24. The zero-order valence-electron chi connectivity index (χ0n) is 15.2. The molecule has 1 fully saturated rings. The first-order valence-corrected chi connectivity index (χ1v) is 10.7. The predicted molar refractivity (Wildman–Crippen MR) is 104 cm³/mol. The molecule has 2 amide bonds. The van der Waals surface area contributed by atoms with Gasteiger partial charge in [0, 0.05) is 31.7 Å². The van der Waals surface area contributed by atoms with Gasteiger partial charge in [0.05, 0.1) is 10.8 Å². The Morgan fingerprint density at radius 1 is 1.07 bits per heavy atom. The van der Waals surface area contributed by atoms with Crippen LogP contribution in [0.15, 0.2) is 53.4 Å². The number of anilines is 1. The van der Waals surface area contributed by atoms with Crippen LogP contribution < -0.4 is 10.0 Å². The van der Waals surface area contributed by atoms with E-state index in [1.54, 1.807) is 21.9 Å². The highest BCUT2D eigenvalue weighted by atomic mass is 32.2. The van der Waals surface area contributed by atoms with Crippen molar-refractivity contribution in [3.8, 4) is 0 Å². The molecule has 1 atom stereocenters. The van der Waals surface area contributed by atoms with Crippen LogP contribution in [0.4, 0.5) is 5.69 Å². The zero-order chi connectivity index (χ0) is 19.9. The highest BCUT2D eigenvalue weighted by molar-refractivity contribution is 7.89. The summed E-state index contributed by atoms with van der Waals surface area (Å²) in [5, 5.41) is 5.22. The molecule has 2 aliphatic rings. The third kappa shape index (κ3) is 3.53. The number of primary sulfonamides is 1. The molecule has 2 aliphatic heterocycles. The van der Waals surface area contributed by atoms with E-state index in [1.165, 1.54) is 6.07 Å². The van der Waals surface area contributed by atoms with Crippen molar-refractivity contribution in [2.45, 2.75) is 24.3 Å². The van der Waals surface area contributed by atoms with Crippen molar-refractivity contribution in [2.75, 3.05) is 18.0 Å². The highest BCUT2D eigenvalue weighted by Gasteiger charge is 2.37. The largest absolute Gasteiger partial charge is 0.338 e. The molecule has 8 heteroatoms. The average molecular weight is 399 g/mol. The van der Waals surface area contributed by atoms with E-state index in [-0.39, 0.29) is 23.1 Å². The monoisotopic (exact) mass is 399 g/mol. The Labute approximate surface area is 163 Å². The second kappa shape index (κ2) is 7.03. The van der Waals surface area contributed by atoms with Gasteiger partial charge in [-0.05, 0) is 41.8 Å². The van der Waals surface area contributed by atoms with E-state index in [2.05, 4.69) is 0 Å². The molecule has 1 unspecified atom stereocenters. The fourth-order valence-corrected chi connectivity index (χ4v) is 4.45. The molecule has 0 aliphatic carbocycles. The smallest absolute Gasteiger partial charge is 0.238 e. The van der Waals surface area contributed by atoms with E-state index in [4.69, 9.17) is 5.14 Å². The summed E-state index contributed by atoms with van der Waals surface area (Å²) >= 11 is 0. The second-order valence-electron chi connectivity index (χ2n) is 7.23. The van der Waals surface area contributed by atoms with Crippen LogP contribution in [0.5, 0.6) is 0 Å². The molecule has 2 aromatic rings. The summed E-state index contributed by atoms with van der Waals surface area (Å²) in [6.07, 6.45) is 0.837. The van der Waals surface area contributed by atoms with Crippen LogP contribution in [0.2, 0.25) is 0 Å². The molecule has 28 heavy (non-hydrogen) atoms. The Hall–Kier alpha value is -2.71. The number of hydrogen-bond acceptors (Lipinski definition) is 4. The number of carbonyl (C=O) groups is 2. The summed E-state index contributed by atoms with van der Waals surface area (Å²) in [5.41, 5.74) is 2.60. The third-order valence-electron chi connectivity index (χ3n) is 5.37. The van der Waals surface area contributed by atoms with E-state index in [0.717, 1.165) is 16.8 Å². The van der Waals surface area contributed by atoms with Crippen LogP contribution in [0.3, 0.4) is 0 Å². The van der Waals surface area contributed by atoms with E-state index < -0.39 is 15.9 Å².